The Morgan fingerprint density at radius 2 is 1.73 bits per heavy atom. The highest BCUT2D eigenvalue weighted by atomic mass is 16.7. The Morgan fingerprint density at radius 1 is 1.00 bits per heavy atom. The van der Waals surface area contributed by atoms with E-state index < -0.39 is 17.8 Å². The minimum absolute atomic E-state index is 0.00126. The number of carbonyl (C=O) groups excluding carboxylic acids is 1. The van der Waals surface area contributed by atoms with Crippen LogP contribution in [0.5, 0.6) is 0 Å². The summed E-state index contributed by atoms with van der Waals surface area (Å²) in [5, 5.41) is 23.7. The van der Waals surface area contributed by atoms with Crippen LogP contribution < -0.4 is 0 Å². The number of nitrogens with zero attached hydrogens (tertiary/aromatic N) is 2. The van der Waals surface area contributed by atoms with Crippen LogP contribution in [0.15, 0.2) is 0 Å². The number of carbonyl (C=O) groups is 1. The van der Waals surface area contributed by atoms with Crippen molar-refractivity contribution in [3.8, 4) is 0 Å². The minimum atomic E-state index is -1.02. The van der Waals surface area contributed by atoms with Crippen molar-refractivity contribution < 1.29 is 34.0 Å². The quantitative estimate of drug-likeness (QED) is 0.334. The molecule has 5 aliphatic carbocycles. The topological polar surface area (TPSA) is 101 Å². The van der Waals surface area contributed by atoms with Gasteiger partial charge in [0.1, 0.15) is 6.10 Å². The van der Waals surface area contributed by atoms with Crippen molar-refractivity contribution in [3.63, 3.8) is 0 Å². The first-order valence-electron chi connectivity index (χ1n) is 21.0. The molecular formula is C42H70N2O7. The predicted molar refractivity (Wildman–Crippen MR) is 195 cm³/mol. The zero-order chi connectivity index (χ0) is 36.5. The Kier molecular flexibility index (Phi) is 8.99. The SMILES string of the molecule is CCO[C@@H](C1C[C@@H](C)[C@H]2C(O1)[C@H](O)[C@@]1(C)C3CC[C@H]4C(C)(C)[C@@H](O[C@H]5CN(C6CCN(CC)C6=O)CCO5)CCC45CC35CC[C@]21C)C(C)(C)O. The predicted octanol–water partition coefficient (Wildman–Crippen LogP) is 5.64. The van der Waals surface area contributed by atoms with Crippen molar-refractivity contribution in [2.75, 3.05) is 39.4 Å². The first kappa shape index (κ1) is 37.1. The largest absolute Gasteiger partial charge is 0.390 e. The smallest absolute Gasteiger partial charge is 0.239 e. The second-order valence-corrected chi connectivity index (χ2v) is 20.2. The maximum Gasteiger partial charge on any atom is 0.239 e. The van der Waals surface area contributed by atoms with Crippen molar-refractivity contribution in [1.29, 1.82) is 0 Å². The molecule has 0 bridgehead atoms. The van der Waals surface area contributed by atoms with Crippen molar-refractivity contribution in [2.45, 2.75) is 169 Å². The molecule has 3 heterocycles. The van der Waals surface area contributed by atoms with Gasteiger partial charge in [0.2, 0.25) is 5.91 Å². The molecule has 8 aliphatic rings. The molecule has 3 saturated heterocycles. The molecule has 5 saturated carbocycles. The highest BCUT2D eigenvalue weighted by Gasteiger charge is 2.84. The normalized spacial score (nSPS) is 51.3. The number of hydrogen-bond donors (Lipinski definition) is 2. The molecular weight excluding hydrogens is 644 g/mol. The Bertz CT molecular complexity index is 1350. The summed E-state index contributed by atoms with van der Waals surface area (Å²) in [6.45, 7) is 24.2. The van der Waals surface area contributed by atoms with Gasteiger partial charge in [-0.15, -0.1) is 0 Å². The summed E-state index contributed by atoms with van der Waals surface area (Å²) in [5.74, 6) is 1.99. The Hall–Kier alpha value is -0.810. The van der Waals surface area contributed by atoms with Gasteiger partial charge in [-0.2, -0.15) is 0 Å². The summed E-state index contributed by atoms with van der Waals surface area (Å²) >= 11 is 0. The van der Waals surface area contributed by atoms with Crippen molar-refractivity contribution in [3.05, 3.63) is 0 Å². The van der Waals surface area contributed by atoms with Gasteiger partial charge < -0.3 is 34.1 Å². The molecule has 290 valence electrons. The van der Waals surface area contributed by atoms with Crippen LogP contribution in [0.3, 0.4) is 0 Å². The molecule has 15 atom stereocenters. The van der Waals surface area contributed by atoms with Crippen LogP contribution in [0, 0.1) is 50.7 Å². The fourth-order valence-corrected chi connectivity index (χ4v) is 15.3. The van der Waals surface area contributed by atoms with E-state index in [0.29, 0.717) is 48.8 Å². The van der Waals surface area contributed by atoms with Gasteiger partial charge in [-0.1, -0.05) is 34.6 Å². The van der Waals surface area contributed by atoms with E-state index in [2.05, 4.69) is 46.4 Å². The number of aliphatic hydroxyl groups excluding tert-OH is 1. The molecule has 8 fully saturated rings. The summed E-state index contributed by atoms with van der Waals surface area (Å²) in [4.78, 5) is 17.3. The van der Waals surface area contributed by atoms with Crippen LogP contribution >= 0.6 is 0 Å². The molecule has 8 rings (SSSR count). The molecule has 2 N–H and O–H groups in total. The van der Waals surface area contributed by atoms with Gasteiger partial charge in [0.25, 0.3) is 0 Å². The number of aliphatic hydroxyl groups is 2. The highest BCUT2D eigenvalue weighted by molar-refractivity contribution is 5.84. The lowest BCUT2D eigenvalue weighted by atomic mass is 9.41. The lowest BCUT2D eigenvalue weighted by Crippen LogP contribution is -2.60. The van der Waals surface area contributed by atoms with Crippen LogP contribution in [-0.2, 0) is 23.7 Å². The standard InChI is InChI=1S/C42H70N2O7/c1-10-43-19-15-26(36(43)46)44-20-21-49-31(23-44)51-30-14-16-41-24-42(41)18-17-39(8)32-25(3)22-27(35(48-11-2)38(6,7)47)50-33(32)34(45)40(39,9)29(42)13-12-28(41)37(30,4)5/h25-35,45,47H,10-24H2,1-9H3/t25-,26?,27?,28+,29?,30+,31+,32+,33?,34+,35+,39-,40-,41?,42?/m1/s1. The van der Waals surface area contributed by atoms with Gasteiger partial charge in [-0.25, -0.2) is 0 Å². The van der Waals surface area contributed by atoms with E-state index in [9.17, 15) is 15.0 Å². The highest BCUT2D eigenvalue weighted by Crippen LogP contribution is 2.89. The van der Waals surface area contributed by atoms with E-state index in [0.717, 1.165) is 51.7 Å². The fourth-order valence-electron chi connectivity index (χ4n) is 15.3. The van der Waals surface area contributed by atoms with E-state index >= 15 is 0 Å². The number of amides is 1. The van der Waals surface area contributed by atoms with Crippen molar-refractivity contribution in [2.24, 2.45) is 50.7 Å². The summed E-state index contributed by atoms with van der Waals surface area (Å²) in [5.41, 5.74) is -0.651. The summed E-state index contributed by atoms with van der Waals surface area (Å²) in [6, 6.07) is -0.0378. The number of morpholine rings is 1. The summed E-state index contributed by atoms with van der Waals surface area (Å²) < 4.78 is 26.3. The molecule has 0 radical (unpaired) electrons. The van der Waals surface area contributed by atoms with Crippen LogP contribution in [0.2, 0.25) is 0 Å². The third kappa shape index (κ3) is 5.06. The molecule has 0 aromatic heterocycles. The number of rotatable bonds is 8. The zero-order valence-electron chi connectivity index (χ0n) is 33.3. The minimum Gasteiger partial charge on any atom is -0.390 e. The first-order chi connectivity index (χ1) is 24.0. The van der Waals surface area contributed by atoms with E-state index in [1.54, 1.807) is 0 Å². The van der Waals surface area contributed by atoms with Crippen molar-refractivity contribution in [1.82, 2.24) is 9.80 Å². The number of likely N-dealkylation sites (N-methyl/N-ethyl adjacent to an activating group) is 1. The van der Waals surface area contributed by atoms with Gasteiger partial charge in [-0.3, -0.25) is 9.69 Å². The monoisotopic (exact) mass is 715 g/mol. The second kappa shape index (κ2) is 12.3. The molecule has 51 heavy (non-hydrogen) atoms. The average molecular weight is 715 g/mol. The molecule has 6 unspecified atom stereocenters. The molecule has 0 aromatic rings. The van der Waals surface area contributed by atoms with Crippen LogP contribution in [-0.4, -0.2) is 114 Å². The summed E-state index contributed by atoms with van der Waals surface area (Å²) in [7, 11) is 0. The molecule has 9 heteroatoms. The number of likely N-dealkylation sites (tertiary alicyclic amines) is 1. The first-order valence-corrected chi connectivity index (χ1v) is 21.0. The van der Waals surface area contributed by atoms with Crippen LogP contribution in [0.4, 0.5) is 0 Å². The molecule has 0 aromatic carbocycles. The van der Waals surface area contributed by atoms with Crippen LogP contribution in [0.1, 0.15) is 120 Å². The lowest BCUT2D eigenvalue weighted by Gasteiger charge is -2.64. The summed E-state index contributed by atoms with van der Waals surface area (Å²) in [6.07, 6.45) is 8.41. The maximum absolute atomic E-state index is 13.0. The van der Waals surface area contributed by atoms with Gasteiger partial charge >= 0.3 is 0 Å². The number of hydrogen-bond acceptors (Lipinski definition) is 8. The Balaban J connectivity index is 0.998. The molecule has 9 nitrogen and oxygen atoms in total. The second-order valence-electron chi connectivity index (χ2n) is 20.2. The van der Waals surface area contributed by atoms with Crippen molar-refractivity contribution >= 4 is 5.91 Å². The van der Waals surface area contributed by atoms with E-state index in [1.807, 2.05) is 25.7 Å². The molecule has 3 aliphatic heterocycles. The average Bonchev–Trinajstić information content (AvgIpc) is 3.53. The number of ether oxygens (including phenoxy) is 4. The third-order valence-electron chi connectivity index (χ3n) is 17.6. The molecule has 2 spiro atoms. The van der Waals surface area contributed by atoms with Gasteiger partial charge in [0.05, 0.1) is 49.2 Å². The van der Waals surface area contributed by atoms with Gasteiger partial charge in [0, 0.05) is 31.7 Å². The maximum atomic E-state index is 13.0. The zero-order valence-corrected chi connectivity index (χ0v) is 33.3. The fraction of sp³-hybridized carbons (Fsp3) is 0.976. The van der Waals surface area contributed by atoms with Crippen LogP contribution in [0.25, 0.3) is 0 Å². The van der Waals surface area contributed by atoms with E-state index in [4.69, 9.17) is 18.9 Å². The third-order valence-corrected chi connectivity index (χ3v) is 17.6. The Labute approximate surface area is 307 Å². The molecule has 1 amide bonds. The van der Waals surface area contributed by atoms with Gasteiger partial charge in [-0.05, 0) is 131 Å². The van der Waals surface area contributed by atoms with E-state index in [-0.39, 0.29) is 58.2 Å². The van der Waals surface area contributed by atoms with Gasteiger partial charge in [0.15, 0.2) is 6.29 Å². The Morgan fingerprint density at radius 3 is 2.41 bits per heavy atom. The number of fused-ring (bicyclic) bond motifs is 4. The van der Waals surface area contributed by atoms with E-state index in [1.165, 1.54) is 25.7 Å². The lowest BCUT2D eigenvalue weighted by molar-refractivity contribution is -0.250.